The third-order valence-electron chi connectivity index (χ3n) is 5.34. The molecule has 0 amide bonds. The van der Waals surface area contributed by atoms with Gasteiger partial charge in [-0.15, -0.1) is 24.0 Å². The molecule has 0 bridgehead atoms. The van der Waals surface area contributed by atoms with Crippen molar-refractivity contribution in [3.05, 3.63) is 53.2 Å². The standard InChI is InChI=1S/C23H33ClN6O.HI/c1-4-29-11-13-30(14-12-29)22-10-5-19(16-26-22)17-28-23(25-3)27-15-18(2)31-21-8-6-20(24)7-9-21;/h5-10,16,18H,4,11-15,17H2,1-3H3,(H2,25,27,28);1H. The highest BCUT2D eigenvalue weighted by atomic mass is 127. The monoisotopic (exact) mass is 572 g/mol. The first-order valence-electron chi connectivity index (χ1n) is 10.9. The van der Waals surface area contributed by atoms with Gasteiger partial charge in [-0.2, -0.15) is 0 Å². The number of anilines is 1. The Bertz CT molecular complexity index is 825. The molecule has 1 unspecified atom stereocenters. The van der Waals surface area contributed by atoms with Crippen LogP contribution in [0, 0.1) is 0 Å². The third-order valence-corrected chi connectivity index (χ3v) is 5.60. The van der Waals surface area contributed by atoms with Crippen LogP contribution in [0.1, 0.15) is 19.4 Å². The predicted molar refractivity (Wildman–Crippen MR) is 144 cm³/mol. The van der Waals surface area contributed by atoms with E-state index in [1.165, 1.54) is 0 Å². The summed E-state index contributed by atoms with van der Waals surface area (Å²) in [5, 5.41) is 7.33. The topological polar surface area (TPSA) is 65.0 Å². The number of hydrogen-bond donors (Lipinski definition) is 2. The zero-order chi connectivity index (χ0) is 22.1. The van der Waals surface area contributed by atoms with E-state index in [4.69, 9.17) is 16.3 Å². The average Bonchev–Trinajstić information content (AvgIpc) is 2.81. The molecule has 0 saturated carbocycles. The van der Waals surface area contributed by atoms with Crippen LogP contribution >= 0.6 is 35.6 Å². The molecule has 3 rings (SSSR count). The molecular weight excluding hydrogens is 539 g/mol. The summed E-state index contributed by atoms with van der Waals surface area (Å²) in [7, 11) is 1.76. The van der Waals surface area contributed by atoms with Gasteiger partial charge in [-0.1, -0.05) is 24.6 Å². The zero-order valence-corrected chi connectivity index (χ0v) is 22.1. The van der Waals surface area contributed by atoms with Gasteiger partial charge in [0, 0.05) is 51.0 Å². The van der Waals surface area contributed by atoms with E-state index < -0.39 is 0 Å². The molecular formula is C23H34ClIN6O. The third kappa shape index (κ3) is 8.29. The van der Waals surface area contributed by atoms with Gasteiger partial charge in [-0.25, -0.2) is 4.98 Å². The van der Waals surface area contributed by atoms with Crippen LogP contribution in [-0.4, -0.2) is 68.3 Å². The van der Waals surface area contributed by atoms with E-state index in [0.29, 0.717) is 18.1 Å². The Balaban J connectivity index is 0.00000363. The van der Waals surface area contributed by atoms with Gasteiger partial charge in [0.25, 0.3) is 0 Å². The van der Waals surface area contributed by atoms with E-state index in [2.05, 4.69) is 49.5 Å². The molecule has 1 aliphatic rings. The lowest BCUT2D eigenvalue weighted by molar-refractivity contribution is 0.224. The van der Waals surface area contributed by atoms with Crippen LogP contribution in [0.2, 0.25) is 5.02 Å². The number of halogens is 2. The van der Waals surface area contributed by atoms with Gasteiger partial charge in [0.1, 0.15) is 17.7 Å². The summed E-state index contributed by atoms with van der Waals surface area (Å²) < 4.78 is 5.89. The summed E-state index contributed by atoms with van der Waals surface area (Å²) in [5.74, 6) is 2.57. The lowest BCUT2D eigenvalue weighted by Gasteiger charge is -2.34. The van der Waals surface area contributed by atoms with E-state index in [-0.39, 0.29) is 30.1 Å². The normalized spacial score (nSPS) is 15.6. The molecule has 1 aromatic heterocycles. The molecule has 1 saturated heterocycles. The van der Waals surface area contributed by atoms with Crippen molar-refractivity contribution in [3.8, 4) is 5.75 Å². The van der Waals surface area contributed by atoms with Crippen LogP contribution in [0.5, 0.6) is 5.75 Å². The molecule has 0 aliphatic carbocycles. The van der Waals surface area contributed by atoms with Crippen molar-refractivity contribution in [2.75, 3.05) is 51.2 Å². The van der Waals surface area contributed by atoms with Gasteiger partial charge < -0.3 is 25.2 Å². The van der Waals surface area contributed by atoms with Gasteiger partial charge in [-0.3, -0.25) is 4.99 Å². The maximum absolute atomic E-state index is 5.91. The Hall–Kier alpha value is -1.78. The number of rotatable bonds is 8. The number of benzene rings is 1. The first-order valence-corrected chi connectivity index (χ1v) is 11.2. The number of aromatic nitrogens is 1. The summed E-state index contributed by atoms with van der Waals surface area (Å²) >= 11 is 5.91. The van der Waals surface area contributed by atoms with Crippen molar-refractivity contribution in [3.63, 3.8) is 0 Å². The molecule has 0 spiro atoms. The lowest BCUT2D eigenvalue weighted by atomic mass is 10.2. The van der Waals surface area contributed by atoms with Crippen molar-refractivity contribution < 1.29 is 4.74 Å². The van der Waals surface area contributed by atoms with E-state index in [0.717, 1.165) is 55.8 Å². The van der Waals surface area contributed by atoms with Crippen LogP contribution in [0.4, 0.5) is 5.82 Å². The van der Waals surface area contributed by atoms with E-state index in [1.807, 2.05) is 37.4 Å². The predicted octanol–water partition coefficient (Wildman–Crippen LogP) is 3.63. The van der Waals surface area contributed by atoms with Gasteiger partial charge >= 0.3 is 0 Å². The first kappa shape index (κ1) is 26.5. The molecule has 2 aromatic rings. The minimum atomic E-state index is -0.0196. The summed E-state index contributed by atoms with van der Waals surface area (Å²) in [5.41, 5.74) is 1.12. The number of guanidine groups is 1. The second kappa shape index (κ2) is 13.7. The van der Waals surface area contributed by atoms with Crippen molar-refractivity contribution in [2.24, 2.45) is 4.99 Å². The van der Waals surface area contributed by atoms with Crippen molar-refractivity contribution >= 4 is 47.4 Å². The van der Waals surface area contributed by atoms with E-state index >= 15 is 0 Å². The molecule has 1 atom stereocenters. The average molecular weight is 573 g/mol. The van der Waals surface area contributed by atoms with Crippen LogP contribution < -0.4 is 20.3 Å². The van der Waals surface area contributed by atoms with Gasteiger partial charge in [-0.05, 0) is 49.4 Å². The van der Waals surface area contributed by atoms with Crippen molar-refractivity contribution in [2.45, 2.75) is 26.5 Å². The van der Waals surface area contributed by atoms with E-state index in [1.54, 1.807) is 7.05 Å². The maximum atomic E-state index is 5.91. The minimum Gasteiger partial charge on any atom is -0.489 e. The van der Waals surface area contributed by atoms with E-state index in [9.17, 15) is 0 Å². The number of nitrogens with one attached hydrogen (secondary N) is 2. The Morgan fingerprint density at radius 2 is 1.84 bits per heavy atom. The Labute approximate surface area is 213 Å². The molecule has 9 heteroatoms. The van der Waals surface area contributed by atoms with Crippen LogP contribution in [0.3, 0.4) is 0 Å². The van der Waals surface area contributed by atoms with Crippen molar-refractivity contribution in [1.29, 1.82) is 0 Å². The largest absolute Gasteiger partial charge is 0.489 e. The molecule has 2 heterocycles. The Morgan fingerprint density at radius 3 is 2.44 bits per heavy atom. The molecule has 0 radical (unpaired) electrons. The molecule has 1 fully saturated rings. The second-order valence-electron chi connectivity index (χ2n) is 7.64. The second-order valence-corrected chi connectivity index (χ2v) is 8.07. The van der Waals surface area contributed by atoms with Crippen LogP contribution in [0.15, 0.2) is 47.6 Å². The summed E-state index contributed by atoms with van der Waals surface area (Å²) in [6.45, 7) is 10.9. The highest BCUT2D eigenvalue weighted by Gasteiger charge is 2.16. The quantitative estimate of drug-likeness (QED) is 0.286. The highest BCUT2D eigenvalue weighted by molar-refractivity contribution is 14.0. The summed E-state index contributed by atoms with van der Waals surface area (Å²) in [6.07, 6.45) is 1.92. The number of hydrogen-bond acceptors (Lipinski definition) is 5. The molecule has 176 valence electrons. The highest BCUT2D eigenvalue weighted by Crippen LogP contribution is 2.17. The maximum Gasteiger partial charge on any atom is 0.191 e. The van der Waals surface area contributed by atoms with Crippen LogP contribution in [-0.2, 0) is 6.54 Å². The first-order chi connectivity index (χ1) is 15.1. The number of aliphatic imine (C=N–C) groups is 1. The SMILES string of the molecule is CCN1CCN(c2ccc(CNC(=NC)NCC(C)Oc3ccc(Cl)cc3)cn2)CC1.I. The molecule has 1 aliphatic heterocycles. The number of ether oxygens (including phenoxy) is 1. The minimum absolute atomic E-state index is 0. The molecule has 2 N–H and O–H groups in total. The number of nitrogens with zero attached hydrogens (tertiary/aromatic N) is 4. The van der Waals surface area contributed by atoms with Gasteiger partial charge in [0.2, 0.25) is 0 Å². The van der Waals surface area contributed by atoms with Crippen molar-refractivity contribution in [1.82, 2.24) is 20.5 Å². The fourth-order valence-corrected chi connectivity index (χ4v) is 3.56. The van der Waals surface area contributed by atoms with Gasteiger partial charge in [0.15, 0.2) is 5.96 Å². The van der Waals surface area contributed by atoms with Crippen LogP contribution in [0.25, 0.3) is 0 Å². The fourth-order valence-electron chi connectivity index (χ4n) is 3.44. The number of likely N-dealkylation sites (N-methyl/N-ethyl adjacent to an activating group) is 1. The summed E-state index contributed by atoms with van der Waals surface area (Å²) in [6, 6.07) is 11.6. The number of pyridine rings is 1. The van der Waals surface area contributed by atoms with Gasteiger partial charge in [0.05, 0.1) is 6.54 Å². The Kier molecular flexibility index (Phi) is 11.3. The summed E-state index contributed by atoms with van der Waals surface area (Å²) in [4.78, 5) is 13.8. The molecule has 7 nitrogen and oxygen atoms in total. The fraction of sp³-hybridized carbons (Fsp3) is 0.478. The zero-order valence-electron chi connectivity index (χ0n) is 19.1. The number of piperazine rings is 1. The molecule has 32 heavy (non-hydrogen) atoms. The Morgan fingerprint density at radius 1 is 1.12 bits per heavy atom. The molecule has 1 aromatic carbocycles. The smallest absolute Gasteiger partial charge is 0.191 e. The lowest BCUT2D eigenvalue weighted by Crippen LogP contribution is -2.46.